The molecule has 2 amide bonds. The van der Waals surface area contributed by atoms with E-state index in [4.69, 9.17) is 9.47 Å². The summed E-state index contributed by atoms with van der Waals surface area (Å²) in [6.07, 6.45) is 2.30. The molecular formula is C25H36N2O4. The van der Waals surface area contributed by atoms with E-state index in [2.05, 4.69) is 30.4 Å². The highest BCUT2D eigenvalue weighted by molar-refractivity contribution is 5.84. The minimum Gasteiger partial charge on any atom is -0.491 e. The van der Waals surface area contributed by atoms with Gasteiger partial charge in [-0.15, -0.1) is 0 Å². The van der Waals surface area contributed by atoms with Crippen LogP contribution in [0.25, 0.3) is 0 Å². The number of nitrogens with zero attached hydrogens (tertiary/aromatic N) is 1. The van der Waals surface area contributed by atoms with Gasteiger partial charge >= 0.3 is 6.09 Å². The molecule has 0 aromatic heterocycles. The van der Waals surface area contributed by atoms with Gasteiger partial charge in [0, 0.05) is 19.0 Å². The first kappa shape index (κ1) is 22.0. The van der Waals surface area contributed by atoms with Crippen LogP contribution in [-0.4, -0.2) is 47.7 Å². The Morgan fingerprint density at radius 3 is 2.29 bits per heavy atom. The van der Waals surface area contributed by atoms with Gasteiger partial charge in [-0.2, -0.15) is 0 Å². The van der Waals surface area contributed by atoms with E-state index in [1.807, 2.05) is 34.6 Å². The van der Waals surface area contributed by atoms with E-state index in [-0.39, 0.29) is 29.8 Å². The Labute approximate surface area is 185 Å². The van der Waals surface area contributed by atoms with E-state index >= 15 is 0 Å². The van der Waals surface area contributed by atoms with Gasteiger partial charge in [0.05, 0.1) is 5.54 Å². The van der Waals surface area contributed by atoms with Crippen LogP contribution >= 0.6 is 0 Å². The Bertz CT molecular complexity index is 857. The van der Waals surface area contributed by atoms with Crippen LogP contribution in [0.15, 0.2) is 18.2 Å². The van der Waals surface area contributed by atoms with Crippen molar-refractivity contribution in [3.8, 4) is 5.75 Å². The van der Waals surface area contributed by atoms with Crippen LogP contribution in [-0.2, 0) is 9.53 Å². The van der Waals surface area contributed by atoms with Crippen LogP contribution in [0.1, 0.15) is 64.5 Å². The van der Waals surface area contributed by atoms with Crippen molar-refractivity contribution in [3.05, 3.63) is 29.3 Å². The topological polar surface area (TPSA) is 67.9 Å². The number of ether oxygens (including phenoxy) is 2. The van der Waals surface area contributed by atoms with E-state index in [1.165, 1.54) is 18.4 Å². The second kappa shape index (κ2) is 7.72. The van der Waals surface area contributed by atoms with Crippen LogP contribution in [0.4, 0.5) is 4.79 Å². The zero-order valence-electron chi connectivity index (χ0n) is 19.7. The average Bonchev–Trinajstić information content (AvgIpc) is 3.56. The minimum atomic E-state index is -0.499. The average molecular weight is 429 g/mol. The molecule has 1 aromatic rings. The molecule has 170 valence electrons. The standard InChI is InChI=1S/C25H36N2O4/c1-15-11-17(16-7-8-16)9-10-20(15)30-14-25(5,6)26-22(28)21-18-12-27(13-19(18)21)23(29)31-24(2,3)4/h9-11,16,18-19,21H,7-8,12-14H2,1-6H3,(H,26,28). The zero-order chi connectivity index (χ0) is 22.6. The Morgan fingerprint density at radius 1 is 1.10 bits per heavy atom. The molecule has 2 atom stereocenters. The molecule has 6 nitrogen and oxygen atoms in total. The predicted octanol–water partition coefficient (Wildman–Crippen LogP) is 4.26. The molecule has 1 aromatic carbocycles. The van der Waals surface area contributed by atoms with Crippen LogP contribution in [0.3, 0.4) is 0 Å². The van der Waals surface area contributed by atoms with Crippen molar-refractivity contribution < 1.29 is 19.1 Å². The molecule has 1 saturated heterocycles. The van der Waals surface area contributed by atoms with Crippen LogP contribution in [0.5, 0.6) is 5.75 Å². The van der Waals surface area contributed by atoms with E-state index < -0.39 is 11.1 Å². The summed E-state index contributed by atoms with van der Waals surface area (Å²) in [5.41, 5.74) is 1.57. The Kier molecular flexibility index (Phi) is 5.47. The van der Waals surface area contributed by atoms with Crippen molar-refractivity contribution in [2.24, 2.45) is 17.8 Å². The maximum atomic E-state index is 12.8. The fraction of sp³-hybridized carbons (Fsp3) is 0.680. The SMILES string of the molecule is Cc1cc(C2CC2)ccc1OCC(C)(C)NC(=O)C1C2CN(C(=O)OC(C)(C)C)CC21. The van der Waals surface area contributed by atoms with Gasteiger partial charge in [0.15, 0.2) is 0 Å². The number of piperidine rings is 1. The molecule has 4 rings (SSSR count). The Balaban J connectivity index is 1.24. The Morgan fingerprint density at radius 2 is 1.74 bits per heavy atom. The minimum absolute atomic E-state index is 0.0162. The summed E-state index contributed by atoms with van der Waals surface area (Å²) in [7, 11) is 0. The molecule has 3 fully saturated rings. The summed E-state index contributed by atoms with van der Waals surface area (Å²) in [6.45, 7) is 13.3. The number of rotatable bonds is 6. The number of carbonyl (C=O) groups is 2. The van der Waals surface area contributed by atoms with Gasteiger partial charge in [-0.25, -0.2) is 4.79 Å². The van der Waals surface area contributed by atoms with Crippen LogP contribution in [0, 0.1) is 24.7 Å². The molecule has 3 aliphatic rings. The fourth-order valence-electron chi connectivity index (χ4n) is 4.61. The lowest BCUT2D eigenvalue weighted by Gasteiger charge is -2.28. The van der Waals surface area contributed by atoms with E-state index in [9.17, 15) is 9.59 Å². The molecular weight excluding hydrogens is 392 g/mol. The number of likely N-dealkylation sites (tertiary alicyclic amines) is 1. The maximum absolute atomic E-state index is 12.8. The summed E-state index contributed by atoms with van der Waals surface area (Å²) >= 11 is 0. The van der Waals surface area contributed by atoms with Gasteiger partial charge in [0.2, 0.25) is 5.91 Å². The largest absolute Gasteiger partial charge is 0.491 e. The van der Waals surface area contributed by atoms with E-state index in [0.717, 1.165) is 17.2 Å². The molecule has 2 saturated carbocycles. The molecule has 1 aliphatic heterocycles. The third-order valence-corrected chi connectivity index (χ3v) is 6.45. The number of amides is 2. The molecule has 1 N–H and O–H groups in total. The molecule has 6 heteroatoms. The van der Waals surface area contributed by atoms with Gasteiger partial charge in [-0.1, -0.05) is 12.1 Å². The van der Waals surface area contributed by atoms with Gasteiger partial charge in [0.1, 0.15) is 18.0 Å². The normalized spacial score (nSPS) is 25.1. The molecule has 31 heavy (non-hydrogen) atoms. The van der Waals surface area contributed by atoms with E-state index in [1.54, 1.807) is 4.90 Å². The predicted molar refractivity (Wildman–Crippen MR) is 119 cm³/mol. The first-order valence-corrected chi connectivity index (χ1v) is 11.5. The Hall–Kier alpha value is -2.24. The lowest BCUT2D eigenvalue weighted by atomic mass is 10.1. The molecule has 2 unspecified atom stereocenters. The second-order valence-electron chi connectivity index (χ2n) is 11.2. The highest BCUT2D eigenvalue weighted by atomic mass is 16.6. The maximum Gasteiger partial charge on any atom is 0.410 e. The third kappa shape index (κ3) is 5.16. The number of hydrogen-bond donors (Lipinski definition) is 1. The molecule has 0 spiro atoms. The quantitative estimate of drug-likeness (QED) is 0.735. The summed E-state index contributed by atoms with van der Waals surface area (Å²) in [6, 6.07) is 6.44. The summed E-state index contributed by atoms with van der Waals surface area (Å²) in [5.74, 6) is 2.13. The van der Waals surface area contributed by atoms with Crippen molar-refractivity contribution in [2.45, 2.75) is 71.4 Å². The van der Waals surface area contributed by atoms with Crippen LogP contribution in [0.2, 0.25) is 0 Å². The van der Waals surface area contributed by atoms with Gasteiger partial charge < -0.3 is 19.7 Å². The van der Waals surface area contributed by atoms with Gasteiger partial charge in [-0.05, 0) is 89.3 Å². The smallest absolute Gasteiger partial charge is 0.410 e. The summed E-state index contributed by atoms with van der Waals surface area (Å²) in [5, 5.41) is 3.16. The van der Waals surface area contributed by atoms with Crippen molar-refractivity contribution in [1.29, 1.82) is 0 Å². The molecule has 0 radical (unpaired) electrons. The first-order chi connectivity index (χ1) is 14.4. The lowest BCUT2D eigenvalue weighted by Crippen LogP contribution is -2.49. The summed E-state index contributed by atoms with van der Waals surface area (Å²) < 4.78 is 11.5. The summed E-state index contributed by atoms with van der Waals surface area (Å²) in [4.78, 5) is 26.8. The molecule has 2 aliphatic carbocycles. The van der Waals surface area contributed by atoms with Crippen LogP contribution < -0.4 is 10.1 Å². The number of benzene rings is 1. The van der Waals surface area contributed by atoms with Crippen molar-refractivity contribution in [3.63, 3.8) is 0 Å². The first-order valence-electron chi connectivity index (χ1n) is 11.5. The number of fused-ring (bicyclic) bond motifs is 1. The molecule has 0 bridgehead atoms. The highest BCUT2D eigenvalue weighted by Crippen LogP contribution is 2.52. The zero-order valence-corrected chi connectivity index (χ0v) is 19.7. The van der Waals surface area contributed by atoms with Crippen molar-refractivity contribution in [1.82, 2.24) is 10.2 Å². The fourth-order valence-corrected chi connectivity index (χ4v) is 4.61. The lowest BCUT2D eigenvalue weighted by molar-refractivity contribution is -0.125. The van der Waals surface area contributed by atoms with E-state index in [0.29, 0.717) is 19.7 Å². The number of nitrogens with one attached hydrogen (secondary N) is 1. The van der Waals surface area contributed by atoms with Crippen molar-refractivity contribution >= 4 is 12.0 Å². The van der Waals surface area contributed by atoms with Gasteiger partial charge in [0.25, 0.3) is 0 Å². The monoisotopic (exact) mass is 428 g/mol. The number of carbonyl (C=O) groups excluding carboxylic acids is 2. The third-order valence-electron chi connectivity index (χ3n) is 6.45. The van der Waals surface area contributed by atoms with Gasteiger partial charge in [-0.3, -0.25) is 4.79 Å². The number of aryl methyl sites for hydroxylation is 1. The second-order valence-corrected chi connectivity index (χ2v) is 11.2. The number of hydrogen-bond acceptors (Lipinski definition) is 4. The molecule has 1 heterocycles. The highest BCUT2D eigenvalue weighted by Gasteiger charge is 2.61. The van der Waals surface area contributed by atoms with Crippen molar-refractivity contribution in [2.75, 3.05) is 19.7 Å².